The van der Waals surface area contributed by atoms with Gasteiger partial charge in [0.15, 0.2) is 0 Å². The third-order valence-electron chi connectivity index (χ3n) is 6.27. The first-order valence-corrected chi connectivity index (χ1v) is 9.86. The number of rotatable bonds is 6. The van der Waals surface area contributed by atoms with Crippen LogP contribution < -0.4 is 4.74 Å². The van der Waals surface area contributed by atoms with Gasteiger partial charge in [-0.1, -0.05) is 30.3 Å². The number of benzene rings is 2. The topological polar surface area (TPSA) is 30.9 Å². The number of ether oxygens (including phenoxy) is 3. The van der Waals surface area contributed by atoms with Gasteiger partial charge in [0.2, 0.25) is 0 Å². The Morgan fingerprint density at radius 1 is 0.963 bits per heavy atom. The smallest absolute Gasteiger partial charge is 0.127 e. The average molecular weight is 367 g/mol. The standard InChI is InChI=1S/C23H29NO3/c1-25-21-12-13-23(26-2)14-15-24(22(23)16-21)17-18-8-10-20(11-9-18)27-19-6-4-3-5-7-19/h3-11,21-22H,12-17H2,1-2H3. The molecule has 1 aliphatic carbocycles. The summed E-state index contributed by atoms with van der Waals surface area (Å²) in [5, 5.41) is 0. The number of likely N-dealkylation sites (tertiary alicyclic amines) is 1. The lowest BCUT2D eigenvalue weighted by atomic mass is 9.79. The normalized spacial score (nSPS) is 28.1. The van der Waals surface area contributed by atoms with Crippen molar-refractivity contribution in [3.05, 3.63) is 60.2 Å². The molecule has 0 aromatic heterocycles. The quantitative estimate of drug-likeness (QED) is 0.744. The van der Waals surface area contributed by atoms with Crippen molar-refractivity contribution in [3.8, 4) is 11.5 Å². The minimum absolute atomic E-state index is 0.00535. The molecule has 2 aliphatic rings. The highest BCUT2D eigenvalue weighted by Crippen LogP contribution is 2.43. The molecule has 2 aromatic rings. The lowest BCUT2D eigenvalue weighted by Gasteiger charge is -2.43. The molecular weight excluding hydrogens is 338 g/mol. The third kappa shape index (κ3) is 3.88. The highest BCUT2D eigenvalue weighted by Gasteiger charge is 2.50. The zero-order valence-corrected chi connectivity index (χ0v) is 16.3. The largest absolute Gasteiger partial charge is 0.457 e. The van der Waals surface area contributed by atoms with Crippen molar-refractivity contribution in [2.45, 2.75) is 50.0 Å². The molecule has 0 N–H and O–H groups in total. The molecule has 1 saturated heterocycles. The van der Waals surface area contributed by atoms with Gasteiger partial charge in [0, 0.05) is 33.4 Å². The van der Waals surface area contributed by atoms with Gasteiger partial charge in [-0.2, -0.15) is 0 Å². The number of methoxy groups -OCH3 is 2. The molecule has 2 fully saturated rings. The average Bonchev–Trinajstić information content (AvgIpc) is 3.08. The monoisotopic (exact) mass is 367 g/mol. The van der Waals surface area contributed by atoms with Crippen LogP contribution in [-0.4, -0.2) is 43.4 Å². The fourth-order valence-electron chi connectivity index (χ4n) is 4.68. The van der Waals surface area contributed by atoms with Crippen molar-refractivity contribution in [1.82, 2.24) is 4.90 Å². The molecule has 0 amide bonds. The van der Waals surface area contributed by atoms with Crippen LogP contribution in [0.1, 0.15) is 31.2 Å². The Bertz CT molecular complexity index is 733. The van der Waals surface area contributed by atoms with Gasteiger partial charge in [-0.15, -0.1) is 0 Å². The molecule has 0 bridgehead atoms. The van der Waals surface area contributed by atoms with E-state index in [1.165, 1.54) is 5.56 Å². The Kier molecular flexibility index (Phi) is 5.48. The summed E-state index contributed by atoms with van der Waals surface area (Å²) in [6.45, 7) is 2.02. The van der Waals surface area contributed by atoms with Crippen molar-refractivity contribution < 1.29 is 14.2 Å². The molecular formula is C23H29NO3. The Labute approximate surface area is 162 Å². The van der Waals surface area contributed by atoms with E-state index in [1.807, 2.05) is 44.6 Å². The van der Waals surface area contributed by atoms with E-state index in [-0.39, 0.29) is 5.60 Å². The zero-order valence-electron chi connectivity index (χ0n) is 16.3. The molecule has 1 heterocycles. The second-order valence-electron chi connectivity index (χ2n) is 7.70. The fraction of sp³-hybridized carbons (Fsp3) is 0.478. The molecule has 1 aliphatic heterocycles. The Morgan fingerprint density at radius 2 is 1.70 bits per heavy atom. The molecule has 3 unspecified atom stereocenters. The number of hydrogen-bond donors (Lipinski definition) is 0. The van der Waals surface area contributed by atoms with Gasteiger partial charge in [0.1, 0.15) is 11.5 Å². The predicted octanol–water partition coefficient (Wildman–Crippen LogP) is 4.64. The van der Waals surface area contributed by atoms with E-state index in [2.05, 4.69) is 29.2 Å². The van der Waals surface area contributed by atoms with Crippen LogP contribution in [-0.2, 0) is 16.0 Å². The van der Waals surface area contributed by atoms with E-state index in [9.17, 15) is 0 Å². The first-order chi connectivity index (χ1) is 13.2. The van der Waals surface area contributed by atoms with Gasteiger partial charge < -0.3 is 14.2 Å². The van der Waals surface area contributed by atoms with Crippen LogP contribution in [0.4, 0.5) is 0 Å². The highest BCUT2D eigenvalue weighted by molar-refractivity contribution is 5.33. The van der Waals surface area contributed by atoms with Crippen molar-refractivity contribution >= 4 is 0 Å². The molecule has 3 atom stereocenters. The maximum absolute atomic E-state index is 6.03. The number of nitrogens with zero attached hydrogens (tertiary/aromatic N) is 1. The fourth-order valence-corrected chi connectivity index (χ4v) is 4.68. The highest BCUT2D eigenvalue weighted by atomic mass is 16.5. The molecule has 0 radical (unpaired) electrons. The summed E-state index contributed by atoms with van der Waals surface area (Å²) in [5.41, 5.74) is 1.31. The van der Waals surface area contributed by atoms with E-state index in [4.69, 9.17) is 14.2 Å². The molecule has 1 saturated carbocycles. The minimum Gasteiger partial charge on any atom is -0.457 e. The van der Waals surface area contributed by atoms with Crippen LogP contribution in [0.3, 0.4) is 0 Å². The van der Waals surface area contributed by atoms with E-state index in [1.54, 1.807) is 0 Å². The van der Waals surface area contributed by atoms with Crippen LogP contribution in [0, 0.1) is 0 Å². The van der Waals surface area contributed by atoms with E-state index in [0.29, 0.717) is 12.1 Å². The van der Waals surface area contributed by atoms with Gasteiger partial charge in [0.05, 0.1) is 11.7 Å². The van der Waals surface area contributed by atoms with E-state index >= 15 is 0 Å². The van der Waals surface area contributed by atoms with Gasteiger partial charge in [-0.3, -0.25) is 4.90 Å². The van der Waals surface area contributed by atoms with Gasteiger partial charge in [-0.05, 0) is 55.5 Å². The van der Waals surface area contributed by atoms with E-state index < -0.39 is 0 Å². The second kappa shape index (κ2) is 8.01. The maximum Gasteiger partial charge on any atom is 0.127 e. The first-order valence-electron chi connectivity index (χ1n) is 9.86. The summed E-state index contributed by atoms with van der Waals surface area (Å²) in [5.74, 6) is 1.73. The van der Waals surface area contributed by atoms with E-state index in [0.717, 1.165) is 50.3 Å². The molecule has 144 valence electrons. The Hall–Kier alpha value is -1.88. The van der Waals surface area contributed by atoms with Crippen molar-refractivity contribution in [2.75, 3.05) is 20.8 Å². The Morgan fingerprint density at radius 3 is 2.41 bits per heavy atom. The van der Waals surface area contributed by atoms with Crippen molar-refractivity contribution in [1.29, 1.82) is 0 Å². The summed E-state index contributed by atoms with van der Waals surface area (Å²) >= 11 is 0. The lowest BCUT2D eigenvalue weighted by molar-refractivity contribution is -0.0947. The van der Waals surface area contributed by atoms with Crippen LogP contribution in [0.5, 0.6) is 11.5 Å². The SMILES string of the molecule is COC1CCC2(OC)CCN(Cc3ccc(Oc4ccccc4)cc3)C2C1. The van der Waals surface area contributed by atoms with Crippen LogP contribution in [0.2, 0.25) is 0 Å². The second-order valence-corrected chi connectivity index (χ2v) is 7.70. The molecule has 4 rings (SSSR count). The minimum atomic E-state index is 0.00535. The number of para-hydroxylation sites is 1. The molecule has 0 spiro atoms. The predicted molar refractivity (Wildman–Crippen MR) is 106 cm³/mol. The van der Waals surface area contributed by atoms with Crippen LogP contribution in [0.15, 0.2) is 54.6 Å². The van der Waals surface area contributed by atoms with Gasteiger partial charge >= 0.3 is 0 Å². The third-order valence-corrected chi connectivity index (χ3v) is 6.27. The summed E-state index contributed by atoms with van der Waals surface area (Å²) in [4.78, 5) is 2.57. The maximum atomic E-state index is 6.03. The molecule has 4 nitrogen and oxygen atoms in total. The summed E-state index contributed by atoms with van der Waals surface area (Å²) in [6.07, 6.45) is 4.70. The summed E-state index contributed by atoms with van der Waals surface area (Å²) in [7, 11) is 3.70. The van der Waals surface area contributed by atoms with Gasteiger partial charge in [-0.25, -0.2) is 0 Å². The Balaban J connectivity index is 1.42. The molecule has 2 aromatic carbocycles. The van der Waals surface area contributed by atoms with Crippen molar-refractivity contribution in [3.63, 3.8) is 0 Å². The van der Waals surface area contributed by atoms with Gasteiger partial charge in [0.25, 0.3) is 0 Å². The van der Waals surface area contributed by atoms with Crippen molar-refractivity contribution in [2.24, 2.45) is 0 Å². The number of fused-ring (bicyclic) bond motifs is 1. The molecule has 4 heteroatoms. The zero-order chi connectivity index (χ0) is 18.7. The summed E-state index contributed by atoms with van der Waals surface area (Å²) in [6, 6.07) is 18.8. The van der Waals surface area contributed by atoms with Crippen LogP contribution >= 0.6 is 0 Å². The molecule has 27 heavy (non-hydrogen) atoms. The summed E-state index contributed by atoms with van der Waals surface area (Å²) < 4.78 is 17.6. The van der Waals surface area contributed by atoms with Crippen LogP contribution in [0.25, 0.3) is 0 Å². The number of hydrogen-bond acceptors (Lipinski definition) is 4. The first kappa shape index (κ1) is 18.5. The lowest BCUT2D eigenvalue weighted by Crippen LogP contribution is -2.51.